The molecule has 4 heterocycles. The molecule has 2 amide bonds. The minimum Gasteiger partial charge on any atom is -0.329 e. The molecule has 200 valence electrons. The van der Waals surface area contributed by atoms with Crippen molar-refractivity contribution in [3.63, 3.8) is 0 Å². The van der Waals surface area contributed by atoms with Crippen LogP contribution in [0.2, 0.25) is 0 Å². The molecule has 1 unspecified atom stereocenters. The first-order chi connectivity index (χ1) is 18.7. The first-order valence-electron chi connectivity index (χ1n) is 12.8. The predicted octanol–water partition coefficient (Wildman–Crippen LogP) is 4.43. The number of rotatable bonds is 7. The number of carbonyl (C=O) groups is 3. The van der Waals surface area contributed by atoms with Gasteiger partial charge < -0.3 is 10.2 Å². The van der Waals surface area contributed by atoms with E-state index in [1.165, 1.54) is 6.92 Å². The van der Waals surface area contributed by atoms with E-state index in [1.54, 1.807) is 40.2 Å². The summed E-state index contributed by atoms with van der Waals surface area (Å²) < 4.78 is 2.16. The monoisotopic (exact) mass is 589 g/mol. The Morgan fingerprint density at radius 1 is 1.10 bits per heavy atom. The van der Waals surface area contributed by atoms with Crippen molar-refractivity contribution in [1.82, 2.24) is 29.6 Å². The molecule has 1 aliphatic rings. The van der Waals surface area contributed by atoms with Gasteiger partial charge in [-0.1, -0.05) is 25.5 Å². The van der Waals surface area contributed by atoms with Crippen molar-refractivity contribution >= 4 is 50.2 Å². The highest BCUT2D eigenvalue weighted by Crippen LogP contribution is 2.29. The van der Waals surface area contributed by atoms with Crippen molar-refractivity contribution in [2.24, 2.45) is 5.92 Å². The molecule has 0 aliphatic carbocycles. The summed E-state index contributed by atoms with van der Waals surface area (Å²) in [6.45, 7) is 5.72. The second-order valence-electron chi connectivity index (χ2n) is 9.72. The fourth-order valence-electron chi connectivity index (χ4n) is 4.93. The molecular weight excluding hydrogens is 562 g/mol. The Morgan fingerprint density at radius 3 is 2.56 bits per heavy atom. The standard InChI is InChI=1S/C28H28BrN7O3/c1-4-18-10-23(28(39)33-25-7-5-6-24(29)32-25)35(14-18)26(38)15-36-22-9-8-19(20-12-30-17(3)31-13-20)11-21(22)27(34-36)16(2)37/h5-9,11-13,18,23H,4,10,14-15H2,1-3H3,(H,32,33,39)/t18-,23?/m1/s1. The zero-order valence-electron chi connectivity index (χ0n) is 21.9. The normalized spacial score (nSPS) is 17.0. The number of carbonyl (C=O) groups excluding carboxylic acids is 3. The van der Waals surface area contributed by atoms with Crippen molar-refractivity contribution in [1.29, 1.82) is 0 Å². The number of benzene rings is 1. The zero-order valence-corrected chi connectivity index (χ0v) is 23.5. The Hall–Kier alpha value is -3.99. The number of nitrogens with one attached hydrogen (secondary N) is 1. The van der Waals surface area contributed by atoms with Crippen molar-refractivity contribution in [3.05, 3.63) is 64.9 Å². The van der Waals surface area contributed by atoms with Gasteiger partial charge in [-0.2, -0.15) is 5.10 Å². The van der Waals surface area contributed by atoms with Crippen LogP contribution in [0.25, 0.3) is 22.0 Å². The number of fused-ring (bicyclic) bond motifs is 1. The number of pyridine rings is 1. The number of likely N-dealkylation sites (tertiary alicyclic amines) is 1. The average molecular weight is 590 g/mol. The lowest BCUT2D eigenvalue weighted by Crippen LogP contribution is -2.44. The van der Waals surface area contributed by atoms with Gasteiger partial charge in [-0.05, 0) is 65.0 Å². The topological polar surface area (TPSA) is 123 Å². The molecule has 39 heavy (non-hydrogen) atoms. The summed E-state index contributed by atoms with van der Waals surface area (Å²) in [7, 11) is 0. The maximum atomic E-state index is 13.6. The molecule has 3 aromatic heterocycles. The number of nitrogens with zero attached hydrogens (tertiary/aromatic N) is 6. The van der Waals surface area contributed by atoms with E-state index in [0.29, 0.717) is 40.1 Å². The van der Waals surface area contributed by atoms with E-state index in [1.807, 2.05) is 25.1 Å². The molecule has 11 heteroatoms. The number of ketones is 1. The second kappa shape index (κ2) is 11.0. The molecule has 1 saturated heterocycles. The minimum atomic E-state index is -0.620. The summed E-state index contributed by atoms with van der Waals surface area (Å²) in [4.78, 5) is 53.7. The lowest BCUT2D eigenvalue weighted by Gasteiger charge is -2.24. The van der Waals surface area contributed by atoms with Crippen LogP contribution in [0.15, 0.2) is 53.4 Å². The second-order valence-corrected chi connectivity index (χ2v) is 10.5. The fraction of sp³-hybridized carbons (Fsp3) is 0.321. The molecule has 1 aromatic carbocycles. The summed E-state index contributed by atoms with van der Waals surface area (Å²) >= 11 is 3.31. The molecule has 5 rings (SSSR count). The van der Waals surface area contributed by atoms with Gasteiger partial charge >= 0.3 is 0 Å². The highest BCUT2D eigenvalue weighted by Gasteiger charge is 2.39. The zero-order chi connectivity index (χ0) is 27.7. The van der Waals surface area contributed by atoms with Crippen LogP contribution >= 0.6 is 15.9 Å². The number of amides is 2. The molecule has 1 aliphatic heterocycles. The third-order valence-corrected chi connectivity index (χ3v) is 7.48. The Labute approximate surface area is 234 Å². The Kier molecular flexibility index (Phi) is 7.51. The van der Waals surface area contributed by atoms with Crippen LogP contribution in [-0.2, 0) is 16.1 Å². The maximum Gasteiger partial charge on any atom is 0.248 e. The summed E-state index contributed by atoms with van der Waals surface area (Å²) in [5.74, 6) is 0.591. The number of halogens is 1. The molecular formula is C28H28BrN7O3. The van der Waals surface area contributed by atoms with E-state index in [0.717, 1.165) is 17.5 Å². The van der Waals surface area contributed by atoms with Crippen LogP contribution in [0.1, 0.15) is 43.0 Å². The summed E-state index contributed by atoms with van der Waals surface area (Å²) in [6, 6.07) is 10.3. The summed E-state index contributed by atoms with van der Waals surface area (Å²) in [5, 5.41) is 8.00. The molecule has 1 fully saturated rings. The van der Waals surface area contributed by atoms with Crippen LogP contribution in [0.5, 0.6) is 0 Å². The first-order valence-corrected chi connectivity index (χ1v) is 13.6. The minimum absolute atomic E-state index is 0.0912. The molecule has 0 bridgehead atoms. The third kappa shape index (κ3) is 5.58. The smallest absolute Gasteiger partial charge is 0.248 e. The van der Waals surface area contributed by atoms with Gasteiger partial charge in [-0.15, -0.1) is 0 Å². The van der Waals surface area contributed by atoms with Crippen molar-refractivity contribution in [2.75, 3.05) is 11.9 Å². The SMILES string of the molecule is CC[C@@H]1CC(C(=O)Nc2cccc(Br)n2)N(C(=O)Cn2nc(C(C)=O)c3cc(-c4cnc(C)nc4)ccc32)C1. The van der Waals surface area contributed by atoms with Crippen LogP contribution < -0.4 is 5.32 Å². The number of hydrogen-bond acceptors (Lipinski definition) is 7. The van der Waals surface area contributed by atoms with E-state index in [2.05, 4.69) is 48.2 Å². The molecule has 1 N–H and O–H groups in total. The molecule has 2 atom stereocenters. The first kappa shape index (κ1) is 26.6. The molecule has 0 saturated carbocycles. The van der Waals surface area contributed by atoms with E-state index in [4.69, 9.17) is 0 Å². The Morgan fingerprint density at radius 2 is 1.87 bits per heavy atom. The number of anilines is 1. The highest BCUT2D eigenvalue weighted by molar-refractivity contribution is 9.10. The van der Waals surface area contributed by atoms with Crippen LogP contribution in [0.4, 0.5) is 5.82 Å². The van der Waals surface area contributed by atoms with E-state index in [9.17, 15) is 14.4 Å². The van der Waals surface area contributed by atoms with Crippen LogP contribution in [0.3, 0.4) is 0 Å². The molecule has 0 radical (unpaired) electrons. The van der Waals surface area contributed by atoms with Gasteiger partial charge in [0.2, 0.25) is 11.8 Å². The van der Waals surface area contributed by atoms with E-state index < -0.39 is 6.04 Å². The van der Waals surface area contributed by atoms with Gasteiger partial charge in [0.15, 0.2) is 5.78 Å². The van der Waals surface area contributed by atoms with Crippen molar-refractivity contribution < 1.29 is 14.4 Å². The number of aryl methyl sites for hydroxylation is 1. The lowest BCUT2D eigenvalue weighted by atomic mass is 10.0. The lowest BCUT2D eigenvalue weighted by molar-refractivity contribution is -0.137. The van der Waals surface area contributed by atoms with Gasteiger partial charge in [0.1, 0.15) is 34.5 Å². The fourth-order valence-corrected chi connectivity index (χ4v) is 5.27. The van der Waals surface area contributed by atoms with Gasteiger partial charge in [0, 0.05) is 36.8 Å². The van der Waals surface area contributed by atoms with Gasteiger partial charge in [-0.25, -0.2) is 15.0 Å². The van der Waals surface area contributed by atoms with Crippen molar-refractivity contribution in [3.8, 4) is 11.1 Å². The molecule has 10 nitrogen and oxygen atoms in total. The van der Waals surface area contributed by atoms with Gasteiger partial charge in [-0.3, -0.25) is 19.1 Å². The van der Waals surface area contributed by atoms with Crippen LogP contribution in [0, 0.1) is 12.8 Å². The van der Waals surface area contributed by atoms with Crippen LogP contribution in [-0.4, -0.2) is 59.8 Å². The van der Waals surface area contributed by atoms with Gasteiger partial charge in [0.05, 0.1) is 5.52 Å². The molecule has 4 aromatic rings. The third-order valence-electron chi connectivity index (χ3n) is 7.04. The predicted molar refractivity (Wildman–Crippen MR) is 150 cm³/mol. The maximum absolute atomic E-state index is 13.6. The van der Waals surface area contributed by atoms with E-state index >= 15 is 0 Å². The summed E-state index contributed by atoms with van der Waals surface area (Å²) in [5.41, 5.74) is 2.61. The van der Waals surface area contributed by atoms with Crippen molar-refractivity contribution in [2.45, 2.75) is 46.2 Å². The molecule has 0 spiro atoms. The van der Waals surface area contributed by atoms with Gasteiger partial charge in [0.25, 0.3) is 0 Å². The number of aromatic nitrogens is 5. The largest absolute Gasteiger partial charge is 0.329 e. The highest BCUT2D eigenvalue weighted by atomic mass is 79.9. The number of Topliss-reactive ketones (excluding diaryl/α,β-unsaturated/α-hetero) is 1. The average Bonchev–Trinajstić information content (AvgIpc) is 3.51. The Bertz CT molecular complexity index is 1570. The van der Waals surface area contributed by atoms with E-state index in [-0.39, 0.29) is 35.8 Å². The quantitative estimate of drug-likeness (QED) is 0.250. The summed E-state index contributed by atoms with van der Waals surface area (Å²) in [6.07, 6.45) is 4.89. The Balaban J connectivity index is 1.42. The number of hydrogen-bond donors (Lipinski definition) is 1.